The third-order valence-electron chi connectivity index (χ3n) is 2.66. The van der Waals surface area contributed by atoms with Crippen LogP contribution in [0.1, 0.15) is 24.4 Å². The smallest absolute Gasteiger partial charge is 0.129 e. The molecule has 80 valence electrons. The lowest BCUT2D eigenvalue weighted by molar-refractivity contribution is 0.317. The predicted molar refractivity (Wildman–Crippen MR) is 60.5 cm³/mol. The van der Waals surface area contributed by atoms with E-state index in [-0.39, 0.29) is 0 Å². The number of hydrogen-bond donors (Lipinski definition) is 0. The van der Waals surface area contributed by atoms with E-state index in [0.717, 1.165) is 0 Å². The lowest BCUT2D eigenvalue weighted by Crippen LogP contribution is -2.17. The molecule has 1 fully saturated rings. The van der Waals surface area contributed by atoms with Gasteiger partial charge in [0.05, 0.1) is 0 Å². The lowest BCUT2D eigenvalue weighted by atomic mass is 10.1. The molecule has 1 aromatic rings. The first-order valence-corrected chi connectivity index (χ1v) is 5.22. The summed E-state index contributed by atoms with van der Waals surface area (Å²) in [5, 5.41) is 7.07. The Morgan fingerprint density at radius 3 is 2.73 bits per heavy atom. The van der Waals surface area contributed by atoms with Gasteiger partial charge in [0.25, 0.3) is 0 Å². The highest BCUT2D eigenvalue weighted by molar-refractivity contribution is 6.29. The molecule has 1 aromatic heterocycles. The molecule has 3 nitrogen and oxygen atoms in total. The van der Waals surface area contributed by atoms with Gasteiger partial charge in [0, 0.05) is 18.8 Å². The van der Waals surface area contributed by atoms with Gasteiger partial charge in [0.15, 0.2) is 0 Å². The van der Waals surface area contributed by atoms with E-state index < -0.39 is 0 Å². The third-order valence-corrected chi connectivity index (χ3v) is 2.88. The van der Waals surface area contributed by atoms with Crippen LogP contribution in [0.5, 0.6) is 0 Å². The zero-order valence-corrected chi connectivity index (χ0v) is 9.48. The van der Waals surface area contributed by atoms with Crippen LogP contribution in [-0.4, -0.2) is 23.5 Å². The average Bonchev–Trinajstić information content (AvgIpc) is 2.69. The van der Waals surface area contributed by atoms with Crippen LogP contribution < -0.4 is 0 Å². The molecule has 1 aliphatic heterocycles. The van der Waals surface area contributed by atoms with Crippen molar-refractivity contribution in [3.63, 3.8) is 0 Å². The van der Waals surface area contributed by atoms with Crippen molar-refractivity contribution < 1.29 is 0 Å². The molecule has 0 amide bonds. The Bertz CT molecular complexity index is 320. The van der Waals surface area contributed by atoms with Gasteiger partial charge in [-0.25, -0.2) is 10.2 Å². The molecule has 1 saturated heterocycles. The van der Waals surface area contributed by atoms with Crippen molar-refractivity contribution >= 4 is 11.6 Å². The summed E-state index contributed by atoms with van der Waals surface area (Å²) in [5.74, 6) is 0. The molecular formula is C11H14ClN3. The van der Waals surface area contributed by atoms with Crippen molar-refractivity contribution in [3.8, 4) is 6.57 Å². The number of rotatable bonds is 1. The molecule has 15 heavy (non-hydrogen) atoms. The molecule has 2 rings (SSSR count). The molecule has 0 aliphatic carbocycles. The normalized spacial score (nSPS) is 20.7. The molecule has 4 heteroatoms. The van der Waals surface area contributed by atoms with Gasteiger partial charge in [0.2, 0.25) is 0 Å². The van der Waals surface area contributed by atoms with E-state index in [4.69, 9.17) is 16.9 Å². The second kappa shape index (κ2) is 5.69. The van der Waals surface area contributed by atoms with Crippen molar-refractivity contribution in [1.29, 1.82) is 5.26 Å². The first kappa shape index (κ1) is 12.0. The zero-order valence-electron chi connectivity index (χ0n) is 8.73. The molecule has 0 spiro atoms. The topological polar surface area (TPSA) is 39.9 Å². The maximum Gasteiger partial charge on any atom is 0.129 e. The zero-order chi connectivity index (χ0) is 11.3. The SMILES string of the molecule is C#N.CN1CCCC1c1ccc(Cl)nc1. The highest BCUT2D eigenvalue weighted by atomic mass is 35.5. The molecule has 0 radical (unpaired) electrons. The molecule has 2 heterocycles. The van der Waals surface area contributed by atoms with Gasteiger partial charge in [-0.1, -0.05) is 17.7 Å². The van der Waals surface area contributed by atoms with Gasteiger partial charge in [-0.05, 0) is 38.1 Å². The molecular weight excluding hydrogens is 210 g/mol. The van der Waals surface area contributed by atoms with Crippen molar-refractivity contribution in [2.75, 3.05) is 13.6 Å². The summed E-state index contributed by atoms with van der Waals surface area (Å²) >= 11 is 5.73. The van der Waals surface area contributed by atoms with Crippen LogP contribution >= 0.6 is 11.6 Å². The number of hydrogen-bond acceptors (Lipinski definition) is 3. The number of likely N-dealkylation sites (tertiary alicyclic amines) is 1. The average molecular weight is 224 g/mol. The summed E-state index contributed by atoms with van der Waals surface area (Å²) in [6.45, 7) is 4.69. The molecule has 0 N–H and O–H groups in total. The van der Waals surface area contributed by atoms with Crippen LogP contribution in [0.2, 0.25) is 5.15 Å². The molecule has 1 aliphatic rings. The second-order valence-corrected chi connectivity index (χ2v) is 3.94. The summed E-state index contributed by atoms with van der Waals surface area (Å²) in [6, 6.07) is 4.48. The van der Waals surface area contributed by atoms with Gasteiger partial charge in [-0.2, -0.15) is 0 Å². The summed E-state index contributed by atoms with van der Waals surface area (Å²) in [7, 11) is 2.16. The monoisotopic (exact) mass is 223 g/mol. The molecule has 0 bridgehead atoms. The van der Waals surface area contributed by atoms with E-state index in [1.54, 1.807) is 0 Å². The first-order valence-electron chi connectivity index (χ1n) is 4.85. The maximum absolute atomic E-state index is 6.50. The van der Waals surface area contributed by atoms with Crippen LogP contribution in [0, 0.1) is 11.8 Å². The fourth-order valence-corrected chi connectivity index (χ4v) is 2.03. The summed E-state index contributed by atoms with van der Waals surface area (Å²) in [5.41, 5.74) is 1.28. The van der Waals surface area contributed by atoms with Crippen molar-refractivity contribution in [1.82, 2.24) is 9.88 Å². The largest absolute Gasteiger partial charge is 0.299 e. The van der Waals surface area contributed by atoms with E-state index in [1.165, 1.54) is 24.9 Å². The fourth-order valence-electron chi connectivity index (χ4n) is 1.92. The Kier molecular flexibility index (Phi) is 4.54. The summed E-state index contributed by atoms with van der Waals surface area (Å²) in [4.78, 5) is 6.46. The number of nitriles is 1. The maximum atomic E-state index is 6.50. The van der Waals surface area contributed by atoms with Gasteiger partial charge in [0.1, 0.15) is 5.15 Å². The Balaban J connectivity index is 0.000000531. The van der Waals surface area contributed by atoms with E-state index >= 15 is 0 Å². The van der Waals surface area contributed by atoms with E-state index in [1.807, 2.05) is 12.3 Å². The summed E-state index contributed by atoms with van der Waals surface area (Å²) in [6.07, 6.45) is 4.40. The minimum absolute atomic E-state index is 0.546. The minimum atomic E-state index is 0.546. The van der Waals surface area contributed by atoms with Crippen LogP contribution in [0.15, 0.2) is 18.3 Å². The molecule has 0 aromatic carbocycles. The number of halogens is 1. The Hall–Kier alpha value is -1.11. The second-order valence-electron chi connectivity index (χ2n) is 3.55. The van der Waals surface area contributed by atoms with E-state index in [2.05, 4.69) is 29.6 Å². The first-order chi connectivity index (χ1) is 7.27. The number of pyridine rings is 1. The van der Waals surface area contributed by atoms with E-state index in [0.29, 0.717) is 11.2 Å². The Labute approximate surface area is 95.3 Å². The van der Waals surface area contributed by atoms with E-state index in [9.17, 15) is 0 Å². The molecule has 1 atom stereocenters. The highest BCUT2D eigenvalue weighted by Gasteiger charge is 2.22. The van der Waals surface area contributed by atoms with Crippen molar-refractivity contribution in [2.45, 2.75) is 18.9 Å². The Morgan fingerprint density at radius 1 is 1.53 bits per heavy atom. The van der Waals surface area contributed by atoms with Gasteiger partial charge in [-0.3, -0.25) is 4.90 Å². The van der Waals surface area contributed by atoms with Crippen molar-refractivity contribution in [2.24, 2.45) is 0 Å². The third kappa shape index (κ3) is 2.92. The number of nitrogens with zero attached hydrogens (tertiary/aromatic N) is 3. The molecule has 0 saturated carbocycles. The van der Waals surface area contributed by atoms with Gasteiger partial charge >= 0.3 is 0 Å². The van der Waals surface area contributed by atoms with Crippen LogP contribution in [-0.2, 0) is 0 Å². The highest BCUT2D eigenvalue weighted by Crippen LogP contribution is 2.29. The molecule has 1 unspecified atom stereocenters. The predicted octanol–water partition coefficient (Wildman–Crippen LogP) is 2.64. The van der Waals surface area contributed by atoms with Gasteiger partial charge < -0.3 is 0 Å². The lowest BCUT2D eigenvalue weighted by Gasteiger charge is -2.19. The van der Waals surface area contributed by atoms with Crippen molar-refractivity contribution in [3.05, 3.63) is 29.0 Å². The summed E-state index contributed by atoms with van der Waals surface area (Å²) < 4.78 is 0. The fraction of sp³-hybridized carbons (Fsp3) is 0.455. The standard InChI is InChI=1S/C10H13ClN2.CHN/c1-13-6-2-3-9(13)8-4-5-10(11)12-7-8;1-2/h4-5,7,9H,2-3,6H2,1H3;1H. The quantitative estimate of drug-likeness (QED) is 0.688. The minimum Gasteiger partial charge on any atom is -0.299 e. The van der Waals surface area contributed by atoms with Gasteiger partial charge in [-0.15, -0.1) is 0 Å². The Morgan fingerprint density at radius 2 is 2.27 bits per heavy atom. The van der Waals surface area contributed by atoms with Crippen LogP contribution in [0.3, 0.4) is 0 Å². The van der Waals surface area contributed by atoms with Crippen LogP contribution in [0.25, 0.3) is 0 Å². The van der Waals surface area contributed by atoms with Crippen LogP contribution in [0.4, 0.5) is 0 Å². The number of aromatic nitrogens is 1.